The number of carbonyl (C=O) groups excluding carboxylic acids is 1. The van der Waals surface area contributed by atoms with Gasteiger partial charge in [-0.3, -0.25) is 4.90 Å². The van der Waals surface area contributed by atoms with Gasteiger partial charge in [0.05, 0.1) is 12.6 Å². The van der Waals surface area contributed by atoms with Gasteiger partial charge in [0.2, 0.25) is 5.88 Å². The third-order valence-corrected chi connectivity index (χ3v) is 6.17. The molecule has 3 aromatic rings. The number of para-hydroxylation sites is 1. The number of nitrogens with zero attached hydrogens (tertiary/aromatic N) is 2. The van der Waals surface area contributed by atoms with Crippen molar-refractivity contribution in [2.75, 3.05) is 19.7 Å². The number of benzene rings is 1. The number of halogens is 1. The first-order valence-corrected chi connectivity index (χ1v) is 12.5. The molecule has 8 heteroatoms. The Morgan fingerprint density at radius 1 is 1.19 bits per heavy atom. The third kappa shape index (κ3) is 6.16. The molecule has 0 fully saturated rings. The summed E-state index contributed by atoms with van der Waals surface area (Å²) in [6.07, 6.45) is 2.17. The second-order valence-electron chi connectivity index (χ2n) is 11.1. The van der Waals surface area contributed by atoms with Crippen LogP contribution in [0.1, 0.15) is 64.4 Å². The number of alkyl carbamates (subject to hydrolysis) is 1. The first-order valence-electron chi connectivity index (χ1n) is 12.5. The summed E-state index contributed by atoms with van der Waals surface area (Å²) in [6, 6.07) is 12.1. The van der Waals surface area contributed by atoms with E-state index < -0.39 is 17.4 Å². The molecule has 194 valence electrons. The summed E-state index contributed by atoms with van der Waals surface area (Å²) in [5, 5.41) is 3.88. The number of pyridine rings is 1. The average Bonchev–Trinajstić information content (AvgIpc) is 3.14. The first-order chi connectivity index (χ1) is 16.9. The number of rotatable bonds is 7. The molecule has 0 spiro atoms. The highest BCUT2D eigenvalue weighted by Gasteiger charge is 2.38. The van der Waals surface area contributed by atoms with Crippen LogP contribution in [0.5, 0.6) is 5.88 Å². The van der Waals surface area contributed by atoms with Crippen LogP contribution in [0.2, 0.25) is 0 Å². The summed E-state index contributed by atoms with van der Waals surface area (Å²) in [4.78, 5) is 22.1. The molecule has 0 radical (unpaired) electrons. The Labute approximate surface area is 212 Å². The molecule has 7 nitrogen and oxygen atoms in total. The second-order valence-corrected chi connectivity index (χ2v) is 11.1. The zero-order valence-electron chi connectivity index (χ0n) is 22.0. The van der Waals surface area contributed by atoms with E-state index in [9.17, 15) is 9.18 Å². The van der Waals surface area contributed by atoms with Crippen molar-refractivity contribution in [3.63, 3.8) is 0 Å². The lowest BCUT2D eigenvalue weighted by Gasteiger charge is -2.42. The SMILES string of the molecule is C[C@@H]1Cc2c([nH]c3ccccc23)[C@@H](c2ccc(OCCNC(=O)OC(C)(C)C)nc2)N1CC(C)(C)F. The average molecular weight is 497 g/mol. The largest absolute Gasteiger partial charge is 0.476 e. The number of nitrogens with one attached hydrogen (secondary N) is 2. The Kier molecular flexibility index (Phi) is 7.27. The van der Waals surface area contributed by atoms with Crippen molar-refractivity contribution in [1.82, 2.24) is 20.2 Å². The summed E-state index contributed by atoms with van der Waals surface area (Å²) >= 11 is 0. The predicted molar refractivity (Wildman–Crippen MR) is 139 cm³/mol. The summed E-state index contributed by atoms with van der Waals surface area (Å²) in [6.45, 7) is 11.7. The van der Waals surface area contributed by atoms with Crippen LogP contribution in [0.15, 0.2) is 42.6 Å². The number of ether oxygens (including phenoxy) is 2. The molecule has 0 unspecified atom stereocenters. The van der Waals surface area contributed by atoms with Crippen LogP contribution in [-0.4, -0.2) is 58.0 Å². The van der Waals surface area contributed by atoms with E-state index in [0.717, 1.165) is 23.2 Å². The van der Waals surface area contributed by atoms with Gasteiger partial charge in [-0.25, -0.2) is 14.2 Å². The monoisotopic (exact) mass is 496 g/mol. The van der Waals surface area contributed by atoms with Crippen molar-refractivity contribution in [1.29, 1.82) is 0 Å². The molecule has 4 rings (SSSR count). The molecule has 3 heterocycles. The van der Waals surface area contributed by atoms with E-state index in [2.05, 4.69) is 45.3 Å². The Balaban J connectivity index is 1.52. The fraction of sp³-hybridized carbons (Fsp3) is 0.500. The van der Waals surface area contributed by atoms with Gasteiger partial charge in [0.1, 0.15) is 17.9 Å². The number of carbonyl (C=O) groups is 1. The topological polar surface area (TPSA) is 79.5 Å². The summed E-state index contributed by atoms with van der Waals surface area (Å²) in [5.74, 6) is 0.461. The zero-order chi connectivity index (χ0) is 26.1. The molecule has 1 amide bonds. The van der Waals surface area contributed by atoms with Gasteiger partial charge in [0, 0.05) is 41.4 Å². The second kappa shape index (κ2) is 10.1. The Bertz CT molecular complexity index is 1190. The number of H-pyrrole nitrogens is 1. The Morgan fingerprint density at radius 2 is 1.94 bits per heavy atom. The lowest BCUT2D eigenvalue weighted by Crippen LogP contribution is -2.47. The Morgan fingerprint density at radius 3 is 2.61 bits per heavy atom. The first kappa shape index (κ1) is 25.9. The van der Waals surface area contributed by atoms with Crippen molar-refractivity contribution in [2.45, 2.75) is 71.3 Å². The lowest BCUT2D eigenvalue weighted by molar-refractivity contribution is 0.0520. The lowest BCUT2D eigenvalue weighted by atomic mass is 9.88. The fourth-order valence-electron chi connectivity index (χ4n) is 4.81. The molecular weight excluding hydrogens is 459 g/mol. The molecular formula is C28H37FN4O3. The zero-order valence-corrected chi connectivity index (χ0v) is 22.0. The number of amides is 1. The van der Waals surface area contributed by atoms with Crippen molar-refractivity contribution >= 4 is 17.0 Å². The minimum Gasteiger partial charge on any atom is -0.476 e. The van der Waals surface area contributed by atoms with Crippen molar-refractivity contribution in [3.05, 3.63) is 59.4 Å². The smallest absolute Gasteiger partial charge is 0.407 e. The quantitative estimate of drug-likeness (QED) is 0.419. The summed E-state index contributed by atoms with van der Waals surface area (Å²) in [7, 11) is 0. The van der Waals surface area contributed by atoms with Crippen LogP contribution < -0.4 is 10.1 Å². The molecule has 36 heavy (non-hydrogen) atoms. The van der Waals surface area contributed by atoms with E-state index in [0.29, 0.717) is 19.0 Å². The molecule has 2 N–H and O–H groups in total. The maximum absolute atomic E-state index is 14.9. The van der Waals surface area contributed by atoms with Crippen LogP contribution in [0.3, 0.4) is 0 Å². The van der Waals surface area contributed by atoms with Gasteiger partial charge in [-0.1, -0.05) is 24.3 Å². The van der Waals surface area contributed by atoms with Gasteiger partial charge in [0.25, 0.3) is 0 Å². The Hall–Kier alpha value is -3.13. The predicted octanol–water partition coefficient (Wildman–Crippen LogP) is 5.55. The highest BCUT2D eigenvalue weighted by atomic mass is 19.1. The molecule has 2 atom stereocenters. The van der Waals surface area contributed by atoms with Gasteiger partial charge < -0.3 is 19.8 Å². The molecule has 0 saturated heterocycles. The molecule has 0 bridgehead atoms. The van der Waals surface area contributed by atoms with Crippen LogP contribution in [-0.2, 0) is 11.2 Å². The van der Waals surface area contributed by atoms with E-state index in [1.165, 1.54) is 10.9 Å². The van der Waals surface area contributed by atoms with Crippen LogP contribution >= 0.6 is 0 Å². The fourth-order valence-corrected chi connectivity index (χ4v) is 4.81. The van der Waals surface area contributed by atoms with Gasteiger partial charge in [-0.2, -0.15) is 0 Å². The molecule has 1 aliphatic rings. The highest BCUT2D eigenvalue weighted by Crippen LogP contribution is 2.41. The number of aromatic nitrogens is 2. The minimum atomic E-state index is -1.34. The molecule has 0 saturated carbocycles. The number of hydrogen-bond donors (Lipinski definition) is 2. The third-order valence-electron chi connectivity index (χ3n) is 6.17. The molecule has 2 aromatic heterocycles. The van der Waals surface area contributed by atoms with Gasteiger partial charge >= 0.3 is 6.09 Å². The van der Waals surface area contributed by atoms with Crippen LogP contribution in [0.4, 0.5) is 9.18 Å². The summed E-state index contributed by atoms with van der Waals surface area (Å²) in [5.41, 5.74) is 2.55. The van der Waals surface area contributed by atoms with Crippen molar-refractivity contribution in [3.8, 4) is 5.88 Å². The van der Waals surface area contributed by atoms with E-state index in [1.54, 1.807) is 20.0 Å². The molecule has 1 aromatic carbocycles. The van der Waals surface area contributed by atoms with Crippen LogP contribution in [0, 0.1) is 0 Å². The number of fused-ring (bicyclic) bond motifs is 3. The van der Waals surface area contributed by atoms with Gasteiger partial charge in [-0.15, -0.1) is 0 Å². The number of alkyl halides is 1. The maximum atomic E-state index is 14.9. The van der Waals surface area contributed by atoms with Gasteiger partial charge in [-0.05, 0) is 65.2 Å². The normalized spacial score (nSPS) is 18.6. The number of aromatic amines is 1. The van der Waals surface area contributed by atoms with E-state index in [4.69, 9.17) is 9.47 Å². The number of hydrogen-bond acceptors (Lipinski definition) is 5. The maximum Gasteiger partial charge on any atom is 0.407 e. The van der Waals surface area contributed by atoms with Crippen molar-refractivity contribution in [2.24, 2.45) is 0 Å². The van der Waals surface area contributed by atoms with E-state index >= 15 is 0 Å². The summed E-state index contributed by atoms with van der Waals surface area (Å²) < 4.78 is 25.8. The highest BCUT2D eigenvalue weighted by molar-refractivity contribution is 5.85. The van der Waals surface area contributed by atoms with E-state index in [-0.39, 0.29) is 18.7 Å². The van der Waals surface area contributed by atoms with Crippen molar-refractivity contribution < 1.29 is 18.7 Å². The standard InChI is InChI=1S/C28H37FN4O3/c1-18-15-21-20-9-7-8-10-22(20)32-24(21)25(33(18)17-28(5,6)29)19-11-12-23(31-16-19)35-14-13-30-26(34)36-27(2,3)4/h7-12,16,18,25,32H,13-15,17H2,1-6H3,(H,30,34)/t18-,25-/m1/s1. The molecule has 1 aliphatic heterocycles. The molecule has 0 aliphatic carbocycles. The van der Waals surface area contributed by atoms with Crippen LogP contribution in [0.25, 0.3) is 10.9 Å². The van der Waals surface area contributed by atoms with E-state index in [1.807, 2.05) is 39.0 Å². The van der Waals surface area contributed by atoms with Gasteiger partial charge in [0.15, 0.2) is 0 Å². The minimum absolute atomic E-state index is 0.151.